The van der Waals surface area contributed by atoms with E-state index in [0.29, 0.717) is 12.2 Å². The molecule has 0 spiro atoms. The zero-order valence-electron chi connectivity index (χ0n) is 17.5. The number of fused-ring (bicyclic) bond motifs is 1. The fourth-order valence-corrected chi connectivity index (χ4v) is 3.97. The minimum atomic E-state index is -0.373. The largest absolute Gasteiger partial charge is 0.464 e. The number of aryl methyl sites for hydroxylation is 3. The highest BCUT2D eigenvalue weighted by atomic mass is 16.5. The minimum absolute atomic E-state index is 0.373. The van der Waals surface area contributed by atoms with Crippen LogP contribution >= 0.6 is 0 Å². The van der Waals surface area contributed by atoms with Crippen LogP contribution in [0.5, 0.6) is 0 Å². The number of rotatable bonds is 4. The van der Waals surface area contributed by atoms with Crippen LogP contribution in [0.15, 0.2) is 42.5 Å². The number of esters is 1. The average molecular weight is 389 g/mol. The molecule has 0 radical (unpaired) electrons. The molecule has 5 nitrogen and oxygen atoms in total. The van der Waals surface area contributed by atoms with Crippen molar-refractivity contribution in [2.75, 3.05) is 13.7 Å². The Labute approximate surface area is 171 Å². The van der Waals surface area contributed by atoms with Crippen LogP contribution in [0.25, 0.3) is 5.69 Å². The van der Waals surface area contributed by atoms with Crippen molar-refractivity contribution < 1.29 is 9.53 Å². The number of carbonyl (C=O) groups is 1. The molecule has 150 valence electrons. The molecule has 1 aliphatic heterocycles. The first kappa shape index (κ1) is 19.4. The molecule has 3 aromatic rings. The Morgan fingerprint density at radius 1 is 1.07 bits per heavy atom. The van der Waals surface area contributed by atoms with E-state index in [9.17, 15) is 4.79 Å². The predicted octanol–water partition coefficient (Wildman–Crippen LogP) is 4.14. The normalized spacial score (nSPS) is 13.9. The molecule has 29 heavy (non-hydrogen) atoms. The van der Waals surface area contributed by atoms with Gasteiger partial charge in [-0.1, -0.05) is 42.0 Å². The van der Waals surface area contributed by atoms with E-state index in [1.807, 2.05) is 4.68 Å². The van der Waals surface area contributed by atoms with Gasteiger partial charge in [0.2, 0.25) is 0 Å². The second-order valence-corrected chi connectivity index (χ2v) is 7.91. The summed E-state index contributed by atoms with van der Waals surface area (Å²) in [4.78, 5) is 14.8. The molecule has 0 unspecified atom stereocenters. The van der Waals surface area contributed by atoms with Crippen molar-refractivity contribution in [2.24, 2.45) is 0 Å². The summed E-state index contributed by atoms with van der Waals surface area (Å²) in [7, 11) is 1.42. The number of benzene rings is 2. The summed E-state index contributed by atoms with van der Waals surface area (Å²) in [6.45, 7) is 8.73. The summed E-state index contributed by atoms with van der Waals surface area (Å²) in [5.74, 6) is -0.373. The zero-order valence-corrected chi connectivity index (χ0v) is 17.5. The van der Waals surface area contributed by atoms with Gasteiger partial charge >= 0.3 is 5.97 Å². The van der Waals surface area contributed by atoms with E-state index in [4.69, 9.17) is 9.84 Å². The van der Waals surface area contributed by atoms with E-state index in [1.165, 1.54) is 23.8 Å². The van der Waals surface area contributed by atoms with Gasteiger partial charge in [-0.3, -0.25) is 4.90 Å². The molecule has 5 heteroatoms. The molecular formula is C24H27N3O2. The van der Waals surface area contributed by atoms with Crippen molar-refractivity contribution in [3.8, 4) is 5.69 Å². The van der Waals surface area contributed by atoms with Crippen LogP contribution in [-0.4, -0.2) is 34.3 Å². The van der Waals surface area contributed by atoms with Crippen molar-refractivity contribution in [3.05, 3.63) is 81.7 Å². The standard InChI is InChI=1S/C24H27N3O2/c1-16-6-9-19(10-7-16)14-26-12-11-21-20(15-26)23(24(28)29-4)25-27(21)22-13-17(2)5-8-18(22)3/h5-10,13H,11-12,14-15H2,1-4H3. The summed E-state index contributed by atoms with van der Waals surface area (Å²) in [5, 5.41) is 4.70. The zero-order chi connectivity index (χ0) is 20.5. The summed E-state index contributed by atoms with van der Waals surface area (Å²) < 4.78 is 6.99. The number of ether oxygens (including phenoxy) is 1. The molecule has 1 aromatic heterocycles. The van der Waals surface area contributed by atoms with E-state index in [2.05, 4.69) is 68.1 Å². The second-order valence-electron chi connectivity index (χ2n) is 7.91. The molecule has 0 amide bonds. The summed E-state index contributed by atoms with van der Waals surface area (Å²) in [6.07, 6.45) is 0.846. The van der Waals surface area contributed by atoms with Gasteiger partial charge in [0, 0.05) is 31.6 Å². The molecule has 0 atom stereocenters. The Bertz CT molecular complexity index is 1050. The van der Waals surface area contributed by atoms with E-state index in [0.717, 1.165) is 42.0 Å². The van der Waals surface area contributed by atoms with Crippen LogP contribution in [0.3, 0.4) is 0 Å². The Kier molecular flexibility index (Phi) is 5.24. The SMILES string of the molecule is COC(=O)c1nn(-c2cc(C)ccc2C)c2c1CN(Cc1ccc(C)cc1)CC2. The quantitative estimate of drug-likeness (QED) is 0.629. The third-order valence-electron chi connectivity index (χ3n) is 5.63. The second kappa shape index (κ2) is 7.84. The van der Waals surface area contributed by atoms with Crippen molar-refractivity contribution in [2.45, 2.75) is 40.3 Å². The number of hydrogen-bond donors (Lipinski definition) is 0. The van der Waals surface area contributed by atoms with Gasteiger partial charge < -0.3 is 4.74 Å². The summed E-state index contributed by atoms with van der Waals surface area (Å²) in [6, 6.07) is 15.0. The first-order valence-electron chi connectivity index (χ1n) is 10.0. The molecule has 4 rings (SSSR count). The first-order chi connectivity index (χ1) is 14.0. The van der Waals surface area contributed by atoms with Gasteiger partial charge in [-0.05, 0) is 43.5 Å². The maximum atomic E-state index is 12.5. The fourth-order valence-electron chi connectivity index (χ4n) is 3.97. The molecule has 0 fully saturated rings. The van der Waals surface area contributed by atoms with Gasteiger partial charge in [0.1, 0.15) is 0 Å². The number of methoxy groups -OCH3 is 1. The highest BCUT2D eigenvalue weighted by Gasteiger charge is 2.29. The summed E-state index contributed by atoms with van der Waals surface area (Å²) >= 11 is 0. The molecule has 0 bridgehead atoms. The van der Waals surface area contributed by atoms with Crippen LogP contribution in [0, 0.1) is 20.8 Å². The lowest BCUT2D eigenvalue weighted by molar-refractivity contribution is 0.0590. The van der Waals surface area contributed by atoms with Crippen LogP contribution in [0.1, 0.15) is 44.0 Å². The third kappa shape index (κ3) is 3.83. The third-order valence-corrected chi connectivity index (χ3v) is 5.63. The minimum Gasteiger partial charge on any atom is -0.464 e. The maximum absolute atomic E-state index is 12.5. The highest BCUT2D eigenvalue weighted by molar-refractivity contribution is 5.89. The molecule has 0 saturated carbocycles. The van der Waals surface area contributed by atoms with E-state index in [-0.39, 0.29) is 5.97 Å². The topological polar surface area (TPSA) is 47.4 Å². The first-order valence-corrected chi connectivity index (χ1v) is 10.0. The average Bonchev–Trinajstić information content (AvgIpc) is 3.09. The van der Waals surface area contributed by atoms with Crippen molar-refractivity contribution in [3.63, 3.8) is 0 Å². The molecular weight excluding hydrogens is 362 g/mol. The van der Waals surface area contributed by atoms with Gasteiger partial charge in [-0.2, -0.15) is 5.10 Å². The monoisotopic (exact) mass is 389 g/mol. The van der Waals surface area contributed by atoms with Gasteiger partial charge in [0.25, 0.3) is 0 Å². The van der Waals surface area contributed by atoms with Crippen LogP contribution in [-0.2, 0) is 24.2 Å². The highest BCUT2D eigenvalue weighted by Crippen LogP contribution is 2.28. The molecule has 0 saturated heterocycles. The Hall–Kier alpha value is -2.92. The van der Waals surface area contributed by atoms with Gasteiger partial charge in [-0.25, -0.2) is 9.48 Å². The molecule has 1 aliphatic rings. The van der Waals surface area contributed by atoms with Crippen LogP contribution in [0.2, 0.25) is 0 Å². The molecule has 0 aliphatic carbocycles. The molecule has 2 heterocycles. The van der Waals surface area contributed by atoms with Gasteiger partial charge in [0.05, 0.1) is 18.5 Å². The lowest BCUT2D eigenvalue weighted by Crippen LogP contribution is -2.31. The number of hydrogen-bond acceptors (Lipinski definition) is 4. The van der Waals surface area contributed by atoms with E-state index >= 15 is 0 Å². The van der Waals surface area contributed by atoms with E-state index < -0.39 is 0 Å². The lowest BCUT2D eigenvalue weighted by Gasteiger charge is -2.28. The van der Waals surface area contributed by atoms with Crippen molar-refractivity contribution in [1.29, 1.82) is 0 Å². The van der Waals surface area contributed by atoms with Crippen molar-refractivity contribution >= 4 is 5.97 Å². The van der Waals surface area contributed by atoms with Gasteiger partial charge in [0.15, 0.2) is 5.69 Å². The molecule has 2 aromatic carbocycles. The van der Waals surface area contributed by atoms with Crippen molar-refractivity contribution in [1.82, 2.24) is 14.7 Å². The van der Waals surface area contributed by atoms with Crippen LogP contribution < -0.4 is 0 Å². The number of carbonyl (C=O) groups excluding carboxylic acids is 1. The Balaban J connectivity index is 1.71. The fraction of sp³-hybridized carbons (Fsp3) is 0.333. The molecule has 0 N–H and O–H groups in total. The van der Waals surface area contributed by atoms with Crippen LogP contribution in [0.4, 0.5) is 0 Å². The maximum Gasteiger partial charge on any atom is 0.358 e. The predicted molar refractivity (Wildman–Crippen MR) is 113 cm³/mol. The smallest absolute Gasteiger partial charge is 0.358 e. The Morgan fingerprint density at radius 3 is 2.52 bits per heavy atom. The van der Waals surface area contributed by atoms with E-state index in [1.54, 1.807) is 0 Å². The number of aromatic nitrogens is 2. The lowest BCUT2D eigenvalue weighted by atomic mass is 10.0. The summed E-state index contributed by atoms with van der Waals surface area (Å²) in [5.41, 5.74) is 8.40. The Morgan fingerprint density at radius 2 is 1.79 bits per heavy atom. The number of nitrogens with zero attached hydrogens (tertiary/aromatic N) is 3. The van der Waals surface area contributed by atoms with Gasteiger partial charge in [-0.15, -0.1) is 0 Å².